The van der Waals surface area contributed by atoms with Crippen molar-refractivity contribution < 1.29 is 5.11 Å². The molecule has 0 spiro atoms. The first-order valence-corrected chi connectivity index (χ1v) is 5.89. The van der Waals surface area contributed by atoms with Crippen molar-refractivity contribution in [2.45, 2.75) is 19.6 Å². The van der Waals surface area contributed by atoms with Crippen LogP contribution in [-0.4, -0.2) is 43.9 Å². The van der Waals surface area contributed by atoms with Gasteiger partial charge >= 0.3 is 0 Å². The van der Waals surface area contributed by atoms with Crippen molar-refractivity contribution in [3.8, 4) is 0 Å². The van der Waals surface area contributed by atoms with Gasteiger partial charge in [-0.15, -0.1) is 0 Å². The van der Waals surface area contributed by atoms with Gasteiger partial charge in [0.2, 0.25) is 0 Å². The molecule has 2 heterocycles. The molecule has 6 heteroatoms. The molecule has 0 aliphatic carbocycles. The van der Waals surface area contributed by atoms with Gasteiger partial charge in [-0.2, -0.15) is 5.10 Å². The standard InChI is InChI=1S/C12H18N4O2/c1-9(17)7-14(2)8-11-13-16-6-4-5-10(16)12(18)15(11)3/h4-6,9,17H,7-8H2,1-3H3/t9-/m0/s1. The van der Waals surface area contributed by atoms with Gasteiger partial charge in [-0.05, 0) is 26.1 Å². The van der Waals surface area contributed by atoms with Gasteiger partial charge in [0, 0.05) is 19.8 Å². The lowest BCUT2D eigenvalue weighted by Gasteiger charge is -2.19. The second-order valence-electron chi connectivity index (χ2n) is 4.66. The molecule has 18 heavy (non-hydrogen) atoms. The third-order valence-corrected chi connectivity index (χ3v) is 2.85. The Morgan fingerprint density at radius 2 is 2.28 bits per heavy atom. The van der Waals surface area contributed by atoms with E-state index in [0.29, 0.717) is 24.4 Å². The molecule has 0 unspecified atom stereocenters. The number of fused-ring (bicyclic) bond motifs is 1. The minimum atomic E-state index is -0.401. The van der Waals surface area contributed by atoms with Crippen molar-refractivity contribution in [2.75, 3.05) is 13.6 Å². The summed E-state index contributed by atoms with van der Waals surface area (Å²) in [5, 5.41) is 13.7. The Hall–Kier alpha value is -1.66. The molecule has 98 valence electrons. The highest BCUT2D eigenvalue weighted by atomic mass is 16.3. The lowest BCUT2D eigenvalue weighted by atomic mass is 10.3. The van der Waals surface area contributed by atoms with Gasteiger partial charge < -0.3 is 5.11 Å². The summed E-state index contributed by atoms with van der Waals surface area (Å²) in [4.78, 5) is 14.0. The first-order valence-electron chi connectivity index (χ1n) is 5.89. The monoisotopic (exact) mass is 250 g/mol. The number of aliphatic hydroxyl groups excluding tert-OH is 1. The molecular weight excluding hydrogens is 232 g/mol. The van der Waals surface area contributed by atoms with Crippen LogP contribution in [-0.2, 0) is 13.6 Å². The molecule has 1 atom stereocenters. The maximum Gasteiger partial charge on any atom is 0.277 e. The van der Waals surface area contributed by atoms with Crippen molar-refractivity contribution in [3.63, 3.8) is 0 Å². The highest BCUT2D eigenvalue weighted by molar-refractivity contribution is 5.43. The van der Waals surface area contributed by atoms with Gasteiger partial charge in [0.1, 0.15) is 11.3 Å². The Morgan fingerprint density at radius 3 is 2.94 bits per heavy atom. The van der Waals surface area contributed by atoms with Crippen LogP contribution in [0.2, 0.25) is 0 Å². The highest BCUT2D eigenvalue weighted by Crippen LogP contribution is 2.01. The van der Waals surface area contributed by atoms with E-state index in [0.717, 1.165) is 0 Å². The number of hydrogen-bond donors (Lipinski definition) is 1. The lowest BCUT2D eigenvalue weighted by Crippen LogP contribution is -2.32. The van der Waals surface area contributed by atoms with E-state index in [4.69, 9.17) is 0 Å². The van der Waals surface area contributed by atoms with Crippen LogP contribution in [0.1, 0.15) is 12.7 Å². The molecule has 6 nitrogen and oxygen atoms in total. The Labute approximate surface area is 105 Å². The van der Waals surface area contributed by atoms with Crippen LogP contribution in [0.4, 0.5) is 0 Å². The van der Waals surface area contributed by atoms with Gasteiger partial charge in [-0.1, -0.05) is 0 Å². The maximum atomic E-state index is 12.0. The van der Waals surface area contributed by atoms with Crippen LogP contribution in [0.15, 0.2) is 23.1 Å². The minimum absolute atomic E-state index is 0.0598. The summed E-state index contributed by atoms with van der Waals surface area (Å²) in [6, 6.07) is 3.55. The molecule has 0 saturated heterocycles. The second kappa shape index (κ2) is 4.91. The molecule has 2 aromatic heterocycles. The van der Waals surface area contributed by atoms with Crippen LogP contribution < -0.4 is 5.56 Å². The topological polar surface area (TPSA) is 62.8 Å². The lowest BCUT2D eigenvalue weighted by molar-refractivity contribution is 0.136. The molecule has 0 saturated carbocycles. The van der Waals surface area contributed by atoms with Gasteiger partial charge in [0.05, 0.1) is 12.6 Å². The van der Waals surface area contributed by atoms with E-state index in [-0.39, 0.29) is 5.56 Å². The molecule has 0 radical (unpaired) electrons. The van der Waals surface area contributed by atoms with Crippen molar-refractivity contribution in [1.82, 2.24) is 19.1 Å². The first kappa shape index (κ1) is 12.8. The van der Waals surface area contributed by atoms with E-state index in [1.807, 2.05) is 11.9 Å². The number of nitrogens with zero attached hydrogens (tertiary/aromatic N) is 4. The third-order valence-electron chi connectivity index (χ3n) is 2.85. The van der Waals surface area contributed by atoms with Gasteiger partial charge in [0.25, 0.3) is 5.56 Å². The summed E-state index contributed by atoms with van der Waals surface area (Å²) in [5.74, 6) is 0.673. The first-order chi connectivity index (χ1) is 8.49. The number of hydrogen-bond acceptors (Lipinski definition) is 4. The fraction of sp³-hybridized carbons (Fsp3) is 0.500. The quantitative estimate of drug-likeness (QED) is 0.819. The zero-order chi connectivity index (χ0) is 13.3. The van der Waals surface area contributed by atoms with Crippen LogP contribution in [0.5, 0.6) is 0 Å². The van der Waals surface area contributed by atoms with Crippen molar-refractivity contribution in [2.24, 2.45) is 7.05 Å². The molecule has 2 aromatic rings. The zero-order valence-corrected chi connectivity index (χ0v) is 10.9. The number of aliphatic hydroxyl groups is 1. The summed E-state index contributed by atoms with van der Waals surface area (Å²) >= 11 is 0. The molecule has 1 N–H and O–H groups in total. The van der Waals surface area contributed by atoms with Crippen molar-refractivity contribution in [1.29, 1.82) is 0 Å². The van der Waals surface area contributed by atoms with Gasteiger partial charge in [-0.3, -0.25) is 14.3 Å². The fourth-order valence-corrected chi connectivity index (χ4v) is 2.00. The molecule has 0 amide bonds. The normalized spacial score (nSPS) is 13.4. The fourth-order valence-electron chi connectivity index (χ4n) is 2.00. The van der Waals surface area contributed by atoms with E-state index in [1.54, 1.807) is 41.4 Å². The van der Waals surface area contributed by atoms with Crippen LogP contribution in [0.25, 0.3) is 5.52 Å². The Kier molecular flexibility index (Phi) is 3.49. The van der Waals surface area contributed by atoms with Gasteiger partial charge in [-0.25, -0.2) is 4.52 Å². The van der Waals surface area contributed by atoms with Crippen LogP contribution in [0, 0.1) is 0 Å². The van der Waals surface area contributed by atoms with E-state index >= 15 is 0 Å². The Balaban J connectivity index is 2.33. The molecule has 0 fully saturated rings. The molecule has 0 aliphatic heterocycles. The highest BCUT2D eigenvalue weighted by Gasteiger charge is 2.11. The van der Waals surface area contributed by atoms with E-state index in [1.165, 1.54) is 0 Å². The SMILES string of the molecule is C[C@H](O)CN(C)Cc1nn2cccc2c(=O)n1C. The summed E-state index contributed by atoms with van der Waals surface area (Å²) < 4.78 is 3.14. The third kappa shape index (κ3) is 2.44. The molecular formula is C12H18N4O2. The van der Waals surface area contributed by atoms with Gasteiger partial charge in [0.15, 0.2) is 0 Å². The summed E-state index contributed by atoms with van der Waals surface area (Å²) in [6.07, 6.45) is 1.36. The molecule has 0 aromatic carbocycles. The summed E-state index contributed by atoms with van der Waals surface area (Å²) in [5.41, 5.74) is 0.509. The average Bonchev–Trinajstić information content (AvgIpc) is 2.72. The molecule has 0 aliphatic rings. The average molecular weight is 250 g/mol. The Morgan fingerprint density at radius 1 is 1.56 bits per heavy atom. The van der Waals surface area contributed by atoms with Crippen molar-refractivity contribution >= 4 is 5.52 Å². The molecule has 0 bridgehead atoms. The number of likely N-dealkylation sites (N-methyl/N-ethyl adjacent to an activating group) is 1. The molecule has 2 rings (SSSR count). The largest absolute Gasteiger partial charge is 0.392 e. The predicted octanol–water partition coefficient (Wildman–Crippen LogP) is -0.154. The summed E-state index contributed by atoms with van der Waals surface area (Å²) in [7, 11) is 3.60. The minimum Gasteiger partial charge on any atom is -0.392 e. The maximum absolute atomic E-state index is 12.0. The van der Waals surface area contributed by atoms with E-state index in [9.17, 15) is 9.90 Å². The second-order valence-corrected chi connectivity index (χ2v) is 4.66. The number of rotatable bonds is 4. The van der Waals surface area contributed by atoms with E-state index < -0.39 is 6.10 Å². The predicted molar refractivity (Wildman–Crippen MR) is 68.4 cm³/mol. The van der Waals surface area contributed by atoms with Crippen LogP contribution in [0.3, 0.4) is 0 Å². The van der Waals surface area contributed by atoms with Crippen LogP contribution >= 0.6 is 0 Å². The summed E-state index contributed by atoms with van der Waals surface area (Å²) in [6.45, 7) is 2.79. The van der Waals surface area contributed by atoms with Crippen molar-refractivity contribution in [3.05, 3.63) is 34.5 Å². The zero-order valence-electron chi connectivity index (χ0n) is 10.9. The number of aromatic nitrogens is 3. The Bertz CT molecular complexity index is 600. The smallest absolute Gasteiger partial charge is 0.277 e. The van der Waals surface area contributed by atoms with E-state index in [2.05, 4.69) is 5.10 Å².